The molecule has 3 atom stereocenters. The van der Waals surface area contributed by atoms with E-state index in [1.807, 2.05) is 23.0 Å². The Morgan fingerprint density at radius 1 is 1.34 bits per heavy atom. The first kappa shape index (κ1) is 22.8. The molecule has 3 unspecified atom stereocenters. The number of aliphatic carboxylic acids is 2. The maximum absolute atomic E-state index is 12.6. The van der Waals surface area contributed by atoms with E-state index >= 15 is 0 Å². The minimum Gasteiger partial charge on any atom is -0.480 e. The molecule has 0 saturated carbocycles. The Morgan fingerprint density at radius 3 is 2.79 bits per heavy atom. The maximum Gasteiger partial charge on any atom is 0.326 e. The lowest BCUT2D eigenvalue weighted by molar-refractivity contribution is -0.142. The van der Waals surface area contributed by atoms with E-state index in [-0.39, 0.29) is 25.0 Å². The summed E-state index contributed by atoms with van der Waals surface area (Å²) in [7, 11) is 0. The molecule has 1 aromatic rings. The Hall–Kier alpha value is -2.53. The zero-order valence-corrected chi connectivity index (χ0v) is 16.7. The van der Waals surface area contributed by atoms with Crippen molar-refractivity contribution >= 4 is 35.5 Å². The Labute approximate surface area is 172 Å². The average Bonchev–Trinajstić information content (AvgIpc) is 3.12. The third-order valence-electron chi connectivity index (χ3n) is 4.57. The van der Waals surface area contributed by atoms with Gasteiger partial charge in [0.15, 0.2) is 0 Å². The van der Waals surface area contributed by atoms with Crippen LogP contribution >= 0.6 is 11.8 Å². The van der Waals surface area contributed by atoms with Crippen LogP contribution in [0.25, 0.3) is 0 Å². The monoisotopic (exact) mass is 426 g/mol. The highest BCUT2D eigenvalue weighted by Crippen LogP contribution is 2.20. The molecule has 11 heteroatoms. The number of carboxylic acids is 2. The summed E-state index contributed by atoms with van der Waals surface area (Å²) >= 11 is 1.37. The Bertz CT molecular complexity index is 752. The average molecular weight is 426 g/mol. The number of nitrogens with zero attached hydrogens (tertiary/aromatic N) is 1. The van der Waals surface area contributed by atoms with Gasteiger partial charge in [0.2, 0.25) is 11.8 Å². The highest BCUT2D eigenvalue weighted by atomic mass is 32.2. The molecule has 29 heavy (non-hydrogen) atoms. The standard InChI is InChI=1S/C18H26N4O6S/c19-12(17(25)26)4-5-15(23)20-14-10-29-11-6-8-22(9-11)7-2-1-3-13(18(27)28)21-16(14)24/h6,8-9,12-14H,1-5,7,10,19H2,(H,20,23)(H,21,24)(H,25,26)(H,27,28). The summed E-state index contributed by atoms with van der Waals surface area (Å²) in [5.74, 6) is -3.22. The van der Waals surface area contributed by atoms with Gasteiger partial charge < -0.3 is 31.1 Å². The molecule has 0 spiro atoms. The SMILES string of the molecule is NC(CCC(=O)NC1CSc2ccn(c2)CCCCC(C(=O)O)NC1=O)C(=O)O. The van der Waals surface area contributed by atoms with Crippen molar-refractivity contribution in [3.05, 3.63) is 18.5 Å². The van der Waals surface area contributed by atoms with Gasteiger partial charge in [0.05, 0.1) is 0 Å². The van der Waals surface area contributed by atoms with E-state index in [2.05, 4.69) is 10.6 Å². The largest absolute Gasteiger partial charge is 0.480 e. The van der Waals surface area contributed by atoms with Crippen LogP contribution in [0, 0.1) is 0 Å². The van der Waals surface area contributed by atoms with Gasteiger partial charge in [-0.1, -0.05) is 0 Å². The molecule has 6 N–H and O–H groups in total. The Balaban J connectivity index is 2.08. The number of thioether (sulfide) groups is 1. The molecule has 160 valence electrons. The quantitative estimate of drug-likeness (QED) is 0.424. The van der Waals surface area contributed by atoms with Crippen LogP contribution in [0.3, 0.4) is 0 Å². The zero-order chi connectivity index (χ0) is 21.4. The number of nitrogens with two attached hydrogens (primary N) is 1. The van der Waals surface area contributed by atoms with Gasteiger partial charge in [0.25, 0.3) is 0 Å². The molecule has 2 heterocycles. The first-order valence-electron chi connectivity index (χ1n) is 9.35. The van der Waals surface area contributed by atoms with Gasteiger partial charge >= 0.3 is 11.9 Å². The minimum absolute atomic E-state index is 0.0662. The smallest absolute Gasteiger partial charge is 0.326 e. The molecule has 1 aromatic heterocycles. The maximum atomic E-state index is 12.6. The molecule has 0 aromatic carbocycles. The highest BCUT2D eigenvalue weighted by Gasteiger charge is 2.27. The zero-order valence-electron chi connectivity index (χ0n) is 15.9. The van der Waals surface area contributed by atoms with Gasteiger partial charge in [-0.3, -0.25) is 14.4 Å². The van der Waals surface area contributed by atoms with Gasteiger partial charge in [0.1, 0.15) is 18.1 Å². The number of carboxylic acid groups (broad SMARTS) is 2. The molecule has 0 saturated heterocycles. The fourth-order valence-electron chi connectivity index (χ4n) is 2.85. The summed E-state index contributed by atoms with van der Waals surface area (Å²) in [4.78, 5) is 48.0. The number of carbonyl (C=O) groups is 4. The molecular formula is C18H26N4O6S. The molecule has 1 aliphatic heterocycles. The molecule has 2 rings (SSSR count). The van der Waals surface area contributed by atoms with Crippen molar-refractivity contribution in [2.24, 2.45) is 5.73 Å². The van der Waals surface area contributed by atoms with Crippen LogP contribution in [-0.2, 0) is 25.7 Å². The molecule has 2 bridgehead atoms. The topological polar surface area (TPSA) is 164 Å². The minimum atomic E-state index is -1.21. The second kappa shape index (κ2) is 10.9. The summed E-state index contributed by atoms with van der Waals surface area (Å²) in [6, 6.07) is -1.24. The first-order valence-corrected chi connectivity index (χ1v) is 10.3. The number of aromatic nitrogens is 1. The van der Waals surface area contributed by atoms with Crippen LogP contribution in [0.2, 0.25) is 0 Å². The van der Waals surface area contributed by atoms with Crippen molar-refractivity contribution in [3.63, 3.8) is 0 Å². The van der Waals surface area contributed by atoms with Gasteiger partial charge in [0, 0.05) is 36.0 Å². The highest BCUT2D eigenvalue weighted by molar-refractivity contribution is 7.99. The fourth-order valence-corrected chi connectivity index (χ4v) is 3.82. The molecule has 0 radical (unpaired) electrons. The van der Waals surface area contributed by atoms with Gasteiger partial charge in [-0.05, 0) is 31.7 Å². The van der Waals surface area contributed by atoms with Crippen molar-refractivity contribution in [1.29, 1.82) is 0 Å². The van der Waals surface area contributed by atoms with Crippen molar-refractivity contribution < 1.29 is 29.4 Å². The van der Waals surface area contributed by atoms with E-state index in [4.69, 9.17) is 10.8 Å². The number of aryl methyl sites for hydroxylation is 1. The first-order chi connectivity index (χ1) is 13.8. The van der Waals surface area contributed by atoms with Crippen LogP contribution in [0.1, 0.15) is 32.1 Å². The summed E-state index contributed by atoms with van der Waals surface area (Å²) in [6.07, 6.45) is 5.34. The lowest BCUT2D eigenvalue weighted by atomic mass is 10.1. The predicted octanol–water partition coefficient (Wildman–Crippen LogP) is 0.0104. The van der Waals surface area contributed by atoms with E-state index in [0.29, 0.717) is 6.42 Å². The number of hydrogen-bond acceptors (Lipinski definition) is 6. The van der Waals surface area contributed by atoms with Gasteiger partial charge in [-0.25, -0.2) is 4.79 Å². The van der Waals surface area contributed by atoms with E-state index < -0.39 is 41.9 Å². The second-order valence-electron chi connectivity index (χ2n) is 6.89. The van der Waals surface area contributed by atoms with Crippen molar-refractivity contribution in [3.8, 4) is 0 Å². The normalized spacial score (nSPS) is 21.6. The number of nitrogens with one attached hydrogen (secondary N) is 2. The van der Waals surface area contributed by atoms with Crippen LogP contribution in [0.4, 0.5) is 0 Å². The molecule has 0 aliphatic carbocycles. The van der Waals surface area contributed by atoms with Crippen LogP contribution in [-0.4, -0.2) is 62.4 Å². The number of hydrogen-bond donors (Lipinski definition) is 5. The van der Waals surface area contributed by atoms with Crippen molar-refractivity contribution in [2.75, 3.05) is 5.75 Å². The number of rotatable bonds is 6. The number of carbonyl (C=O) groups excluding carboxylic acids is 2. The van der Waals surface area contributed by atoms with Crippen molar-refractivity contribution in [1.82, 2.24) is 15.2 Å². The summed E-state index contributed by atoms with van der Waals surface area (Å²) in [5, 5.41) is 23.3. The van der Waals surface area contributed by atoms with E-state index in [1.165, 1.54) is 11.8 Å². The molecule has 1 aliphatic rings. The Morgan fingerprint density at radius 2 is 2.10 bits per heavy atom. The summed E-state index contributed by atoms with van der Waals surface area (Å²) in [6.45, 7) is 0.755. The lowest BCUT2D eigenvalue weighted by Gasteiger charge is -2.21. The summed E-state index contributed by atoms with van der Waals surface area (Å²) in [5.41, 5.74) is 5.40. The lowest BCUT2D eigenvalue weighted by Crippen LogP contribution is -2.52. The fraction of sp³-hybridized carbons (Fsp3) is 0.556. The number of amides is 2. The van der Waals surface area contributed by atoms with E-state index in [1.54, 1.807) is 0 Å². The molecular weight excluding hydrogens is 400 g/mol. The van der Waals surface area contributed by atoms with Gasteiger partial charge in [-0.15, -0.1) is 11.8 Å². The molecule has 10 nitrogen and oxygen atoms in total. The van der Waals surface area contributed by atoms with Crippen LogP contribution in [0.5, 0.6) is 0 Å². The molecule has 2 amide bonds. The second-order valence-corrected chi connectivity index (χ2v) is 7.99. The Kier molecular flexibility index (Phi) is 8.52. The third-order valence-corrected chi connectivity index (χ3v) is 5.64. The van der Waals surface area contributed by atoms with Crippen molar-refractivity contribution in [2.45, 2.75) is 61.7 Å². The van der Waals surface area contributed by atoms with Crippen LogP contribution in [0.15, 0.2) is 23.4 Å². The predicted molar refractivity (Wildman–Crippen MR) is 105 cm³/mol. The molecule has 0 fully saturated rings. The van der Waals surface area contributed by atoms with E-state index in [9.17, 15) is 24.3 Å². The third kappa shape index (κ3) is 7.42. The van der Waals surface area contributed by atoms with Crippen LogP contribution < -0.4 is 16.4 Å². The number of fused-ring (bicyclic) bond motifs is 2. The van der Waals surface area contributed by atoms with Gasteiger partial charge in [-0.2, -0.15) is 0 Å². The van der Waals surface area contributed by atoms with E-state index in [0.717, 1.165) is 17.9 Å². The summed E-state index contributed by atoms with van der Waals surface area (Å²) < 4.78 is 2.01.